The molecule has 2 aliphatic heterocycles. The Morgan fingerprint density at radius 3 is 1.96 bits per heavy atom. The van der Waals surface area contributed by atoms with Gasteiger partial charge in [0.2, 0.25) is 6.41 Å². The van der Waals surface area contributed by atoms with Crippen LogP contribution in [0.15, 0.2) is 102 Å². The molecule has 4 fully saturated rings. The lowest BCUT2D eigenvalue weighted by molar-refractivity contribution is -0.149. The van der Waals surface area contributed by atoms with Gasteiger partial charge in [0.05, 0.1) is 54.5 Å². The fourth-order valence-corrected chi connectivity index (χ4v) is 12.9. The molecule has 2 aromatic heterocycles. The molecule has 14 nitrogen and oxygen atoms in total. The third kappa shape index (κ3) is 17.8. The van der Waals surface area contributed by atoms with Crippen LogP contribution in [0.3, 0.4) is 0 Å². The van der Waals surface area contributed by atoms with Crippen LogP contribution in [0.1, 0.15) is 186 Å². The number of aromatic amines is 2. The number of likely N-dealkylation sites (tertiary alicyclic amines) is 2. The Hall–Kier alpha value is -6.52. The van der Waals surface area contributed by atoms with Crippen LogP contribution >= 0.6 is 0 Å². The number of ether oxygens (including phenoxy) is 2. The van der Waals surface area contributed by atoms with Gasteiger partial charge in [0, 0.05) is 19.2 Å². The molecule has 2 aliphatic carbocycles. The quantitative estimate of drug-likeness (QED) is 0.0438. The number of amides is 3. The maximum absolute atomic E-state index is 16.7. The standard InChI is InChI=1S/C58H77FN6O2.C8H15NO3.CH3F.CH3NO/c1-10-17-39(12-3)31-46(59)43(30-41-23-26-47-49(32-41)62-57(61-47)54-35-45-19-14-16-21-52(45)65(54)58(66)55(67-9)37(6)11-2)24-22-40(28-36(4)5)29-38(7)42-25-27-48-50(33-42)63-56(60-48)53-34-44-18-13-15-20-51(44)64(53)8;1-4-6(2)7(5-10)9-8(11)12-3;1-2;2-1-3/h12,23,25-29,31-33,37,44-45,51-55H,3,7,10-11,13-22,24,30,34-35H2,1-2,4-6,8-9H3,(H,60,63)(H,61,62);5-7H,4H2,1-3H3,(H,9,11);1H3;1H,(H2,2,3)/b39-31+,40-29-,46-43+;;;. The summed E-state index contributed by atoms with van der Waals surface area (Å²) >= 11 is 0. The number of imidazole rings is 2. The molecular formula is C68H98F2N8O6. The summed E-state index contributed by atoms with van der Waals surface area (Å²) in [5.41, 5.74) is 14.8. The fourth-order valence-electron chi connectivity index (χ4n) is 12.9. The van der Waals surface area contributed by atoms with Crippen molar-refractivity contribution in [3.8, 4) is 0 Å². The summed E-state index contributed by atoms with van der Waals surface area (Å²) in [6.07, 6.45) is 24.7. The number of fused-ring (bicyclic) bond motifs is 4. The van der Waals surface area contributed by atoms with Gasteiger partial charge in [-0.15, -0.1) is 0 Å². The van der Waals surface area contributed by atoms with Crippen molar-refractivity contribution in [1.82, 2.24) is 35.1 Å². The van der Waals surface area contributed by atoms with E-state index in [0.717, 1.165) is 131 Å². The van der Waals surface area contributed by atoms with Crippen molar-refractivity contribution in [2.45, 2.75) is 194 Å². The highest BCUT2D eigenvalue weighted by atomic mass is 19.1. The molecule has 16 heteroatoms. The minimum Gasteiger partial charge on any atom is -0.453 e. The van der Waals surface area contributed by atoms with Crippen molar-refractivity contribution in [3.05, 3.63) is 125 Å². The number of nitrogens with two attached hydrogens (primary N) is 1. The average Bonchev–Trinajstić information content (AvgIpc) is 2.27. The van der Waals surface area contributed by atoms with Crippen molar-refractivity contribution in [2.75, 3.05) is 28.4 Å². The van der Waals surface area contributed by atoms with Crippen molar-refractivity contribution in [1.29, 1.82) is 0 Å². The molecule has 5 N–H and O–H groups in total. The lowest BCUT2D eigenvalue weighted by Gasteiger charge is -2.36. The van der Waals surface area contributed by atoms with E-state index in [2.05, 4.69) is 133 Å². The van der Waals surface area contributed by atoms with E-state index in [-0.39, 0.29) is 42.1 Å². The first-order valence-corrected chi connectivity index (χ1v) is 30.6. The van der Waals surface area contributed by atoms with Gasteiger partial charge in [-0.05, 0) is 173 Å². The normalized spacial score (nSPS) is 22.2. The minimum absolute atomic E-state index is 0.0832. The Labute approximate surface area is 499 Å². The molecule has 2 saturated heterocycles. The molecule has 4 aliphatic rings. The van der Waals surface area contributed by atoms with Crippen LogP contribution < -0.4 is 11.1 Å². The van der Waals surface area contributed by atoms with Crippen molar-refractivity contribution in [3.63, 3.8) is 0 Å². The first-order chi connectivity index (χ1) is 40.4. The summed E-state index contributed by atoms with van der Waals surface area (Å²) in [6.45, 7) is 23.0. The third-order valence-corrected chi connectivity index (χ3v) is 17.8. The van der Waals surface area contributed by atoms with Gasteiger partial charge in [0.1, 0.15) is 29.9 Å². The van der Waals surface area contributed by atoms with E-state index in [1.54, 1.807) is 19.3 Å². The van der Waals surface area contributed by atoms with Gasteiger partial charge in [-0.1, -0.05) is 129 Å². The number of benzene rings is 2. The maximum atomic E-state index is 16.7. The monoisotopic (exact) mass is 1160 g/mol. The molecule has 4 aromatic rings. The number of halogens is 2. The Morgan fingerprint density at radius 2 is 1.39 bits per heavy atom. The lowest BCUT2D eigenvalue weighted by Crippen LogP contribution is -2.48. The number of nitrogens with one attached hydrogen (secondary N) is 3. The topological polar surface area (TPSA) is 189 Å². The van der Waals surface area contributed by atoms with Crippen molar-refractivity contribution in [2.24, 2.45) is 29.4 Å². The van der Waals surface area contributed by atoms with Crippen LogP contribution in [-0.4, -0.2) is 107 Å². The second-order valence-electron chi connectivity index (χ2n) is 23.6. The predicted molar refractivity (Wildman–Crippen MR) is 336 cm³/mol. The first kappa shape index (κ1) is 68.3. The number of aldehydes is 1. The number of allylic oxidation sites excluding steroid dienone is 10. The molecule has 0 bridgehead atoms. The predicted octanol–water partition coefficient (Wildman–Crippen LogP) is 15.0. The van der Waals surface area contributed by atoms with Crippen LogP contribution in [0.2, 0.25) is 0 Å². The summed E-state index contributed by atoms with van der Waals surface area (Å²) in [5, 5.41) is 2.44. The van der Waals surface area contributed by atoms with Crippen LogP contribution in [0.5, 0.6) is 0 Å². The van der Waals surface area contributed by atoms with E-state index in [4.69, 9.17) is 19.5 Å². The zero-order valence-corrected chi connectivity index (χ0v) is 52.2. The number of carbonyl (C=O) groups is 4. The zero-order valence-electron chi connectivity index (χ0n) is 52.2. The molecule has 2 saturated carbocycles. The van der Waals surface area contributed by atoms with E-state index < -0.39 is 18.2 Å². The van der Waals surface area contributed by atoms with E-state index in [1.807, 2.05) is 19.9 Å². The average molecular weight is 1160 g/mol. The first-order valence-electron chi connectivity index (χ1n) is 30.6. The van der Waals surface area contributed by atoms with E-state index in [0.29, 0.717) is 44.4 Å². The molecule has 10 unspecified atom stereocenters. The maximum Gasteiger partial charge on any atom is 0.407 e. The highest BCUT2D eigenvalue weighted by Crippen LogP contribution is 2.47. The Kier molecular flexibility index (Phi) is 27.5. The number of methoxy groups -OCH3 is 2. The molecule has 2 aromatic carbocycles. The van der Waals surface area contributed by atoms with Gasteiger partial charge < -0.3 is 40.2 Å². The molecular weight excluding hydrogens is 1060 g/mol. The third-order valence-electron chi connectivity index (χ3n) is 17.8. The number of alkyl halides is 1. The Bertz CT molecular complexity index is 2950. The molecule has 4 heterocycles. The number of rotatable bonds is 22. The number of nitrogens with zero attached hydrogens (tertiary/aromatic N) is 4. The van der Waals surface area contributed by atoms with E-state index in [9.17, 15) is 18.8 Å². The molecule has 8 rings (SSSR count). The summed E-state index contributed by atoms with van der Waals surface area (Å²) < 4.78 is 36.5. The number of hydrogen-bond acceptors (Lipinski definition) is 9. The lowest BCUT2D eigenvalue weighted by atomic mass is 9.84. The molecule has 3 amide bonds. The second-order valence-corrected chi connectivity index (χ2v) is 23.6. The van der Waals surface area contributed by atoms with Crippen LogP contribution in [-0.2, 0) is 30.3 Å². The Morgan fingerprint density at radius 1 is 0.810 bits per heavy atom. The van der Waals surface area contributed by atoms with Crippen LogP contribution in [0.25, 0.3) is 27.6 Å². The second kappa shape index (κ2) is 33.8. The number of aromatic nitrogens is 4. The number of primary amides is 1. The van der Waals surface area contributed by atoms with Crippen LogP contribution in [0, 0.1) is 23.7 Å². The van der Waals surface area contributed by atoms with Crippen molar-refractivity contribution >= 4 is 52.3 Å². The van der Waals surface area contributed by atoms with Gasteiger partial charge in [0.15, 0.2) is 0 Å². The van der Waals surface area contributed by atoms with Gasteiger partial charge in [-0.2, -0.15) is 0 Å². The molecule has 0 spiro atoms. The molecule has 460 valence electrons. The number of hydrogen-bond donors (Lipinski definition) is 4. The summed E-state index contributed by atoms with van der Waals surface area (Å²) in [7, 11) is 5.71. The summed E-state index contributed by atoms with van der Waals surface area (Å²) in [5.74, 6) is 3.26. The Balaban J connectivity index is 0.000000666. The van der Waals surface area contributed by atoms with Gasteiger partial charge >= 0.3 is 6.09 Å². The SMILES string of the molecule is C=C/C(=C\C(F)=C(\CC/C(C=C(C)C)=C/C(=C)c1ccc2nc(C3CC4CCCCC4N3C)[nH]c2c1)Cc1ccc2nc(C3CC4CCCCC4N3C(=O)C(OC)C(C)CC)[nH]c2c1)CCC.CCC(C)C(C=O)NC(=O)OC.CF.NC=O. The van der Waals surface area contributed by atoms with Crippen LogP contribution in [0.4, 0.5) is 13.6 Å². The van der Waals surface area contributed by atoms with Gasteiger partial charge in [0.25, 0.3) is 5.91 Å². The smallest absolute Gasteiger partial charge is 0.407 e. The number of carbonyl (C=O) groups excluding carboxylic acids is 4. The fraction of sp³-hybridized carbons (Fsp3) is 0.559. The highest BCUT2D eigenvalue weighted by Gasteiger charge is 2.48. The number of H-pyrrole nitrogens is 2. The zero-order chi connectivity index (χ0) is 61.6. The molecule has 84 heavy (non-hydrogen) atoms. The summed E-state index contributed by atoms with van der Waals surface area (Å²) in [4.78, 5) is 66.4. The summed E-state index contributed by atoms with van der Waals surface area (Å²) in [6, 6.07) is 13.3. The largest absolute Gasteiger partial charge is 0.453 e. The van der Waals surface area contributed by atoms with E-state index in [1.165, 1.54) is 51.2 Å². The molecule has 10 atom stereocenters. The van der Waals surface area contributed by atoms with E-state index >= 15 is 4.39 Å². The number of alkyl carbamates (subject to hydrolysis) is 1. The van der Waals surface area contributed by atoms with Gasteiger partial charge in [-0.25, -0.2) is 19.2 Å². The highest BCUT2D eigenvalue weighted by molar-refractivity contribution is 5.84. The van der Waals surface area contributed by atoms with Crippen molar-refractivity contribution < 1.29 is 37.4 Å². The van der Waals surface area contributed by atoms with Gasteiger partial charge in [-0.3, -0.25) is 18.9 Å². The molecule has 0 radical (unpaired) electrons. The minimum atomic E-state index is -0.563.